The Labute approximate surface area is 67.7 Å². The SMILES string of the molecule is CCc1ccc(C)c(C)c1O. The highest BCUT2D eigenvalue weighted by Gasteiger charge is 2.03. The molecule has 0 bridgehead atoms. The van der Waals surface area contributed by atoms with E-state index in [9.17, 15) is 5.11 Å². The zero-order chi connectivity index (χ0) is 8.43. The Morgan fingerprint density at radius 3 is 2.45 bits per heavy atom. The largest absolute Gasteiger partial charge is 0.507 e. The van der Waals surface area contributed by atoms with Gasteiger partial charge in [0.25, 0.3) is 0 Å². The smallest absolute Gasteiger partial charge is 0.121 e. The Hall–Kier alpha value is -0.980. The molecule has 0 saturated carbocycles. The van der Waals surface area contributed by atoms with Crippen LogP contribution < -0.4 is 0 Å². The molecule has 0 amide bonds. The van der Waals surface area contributed by atoms with E-state index >= 15 is 0 Å². The Morgan fingerprint density at radius 1 is 1.27 bits per heavy atom. The lowest BCUT2D eigenvalue weighted by molar-refractivity contribution is 0.464. The third-order valence-corrected chi connectivity index (χ3v) is 2.17. The predicted molar refractivity (Wildman–Crippen MR) is 47.0 cm³/mol. The van der Waals surface area contributed by atoms with Crippen molar-refractivity contribution in [2.24, 2.45) is 0 Å². The first-order valence-corrected chi connectivity index (χ1v) is 3.94. The number of benzene rings is 1. The Bertz CT molecular complexity index is 264. The number of aromatic hydroxyl groups is 1. The highest BCUT2D eigenvalue weighted by atomic mass is 16.3. The quantitative estimate of drug-likeness (QED) is 0.652. The lowest BCUT2D eigenvalue weighted by atomic mass is 10.0. The van der Waals surface area contributed by atoms with Gasteiger partial charge in [-0.05, 0) is 37.0 Å². The molecule has 1 N–H and O–H groups in total. The van der Waals surface area contributed by atoms with Crippen molar-refractivity contribution in [2.75, 3.05) is 0 Å². The molecule has 0 heterocycles. The standard InChI is InChI=1S/C10H14O/c1-4-9-6-5-7(2)8(3)10(9)11/h5-6,11H,4H2,1-3H3. The molecular formula is C10H14O. The molecule has 1 heteroatoms. The molecule has 0 aliphatic rings. The first-order chi connectivity index (χ1) is 5.16. The van der Waals surface area contributed by atoms with Gasteiger partial charge in [0, 0.05) is 0 Å². The average molecular weight is 150 g/mol. The fourth-order valence-electron chi connectivity index (χ4n) is 1.14. The van der Waals surface area contributed by atoms with E-state index in [2.05, 4.69) is 0 Å². The predicted octanol–water partition coefficient (Wildman–Crippen LogP) is 2.57. The van der Waals surface area contributed by atoms with E-state index in [1.807, 2.05) is 32.9 Å². The molecule has 0 atom stereocenters. The van der Waals surface area contributed by atoms with Gasteiger partial charge in [0.2, 0.25) is 0 Å². The van der Waals surface area contributed by atoms with Gasteiger partial charge in [-0.2, -0.15) is 0 Å². The molecule has 0 unspecified atom stereocenters. The van der Waals surface area contributed by atoms with Crippen molar-refractivity contribution in [3.63, 3.8) is 0 Å². The summed E-state index contributed by atoms with van der Waals surface area (Å²) in [6.45, 7) is 6.00. The minimum atomic E-state index is 0.465. The molecule has 0 radical (unpaired) electrons. The third kappa shape index (κ3) is 1.37. The monoisotopic (exact) mass is 150 g/mol. The highest BCUT2D eigenvalue weighted by molar-refractivity contribution is 5.43. The topological polar surface area (TPSA) is 20.2 Å². The summed E-state index contributed by atoms with van der Waals surface area (Å²) in [6.07, 6.45) is 0.896. The van der Waals surface area contributed by atoms with Crippen LogP contribution in [-0.4, -0.2) is 5.11 Å². The van der Waals surface area contributed by atoms with E-state index < -0.39 is 0 Å². The van der Waals surface area contributed by atoms with Crippen LogP contribution >= 0.6 is 0 Å². The molecule has 0 saturated heterocycles. The van der Waals surface area contributed by atoms with Crippen molar-refractivity contribution in [3.05, 3.63) is 28.8 Å². The maximum absolute atomic E-state index is 9.58. The van der Waals surface area contributed by atoms with Gasteiger partial charge in [0.1, 0.15) is 5.75 Å². The van der Waals surface area contributed by atoms with Crippen LogP contribution in [0.15, 0.2) is 12.1 Å². The van der Waals surface area contributed by atoms with E-state index in [0.29, 0.717) is 5.75 Å². The normalized spacial score (nSPS) is 10.1. The second kappa shape index (κ2) is 2.95. The van der Waals surface area contributed by atoms with E-state index in [1.54, 1.807) is 0 Å². The number of rotatable bonds is 1. The second-order valence-corrected chi connectivity index (χ2v) is 2.87. The average Bonchev–Trinajstić information content (AvgIpc) is 2.01. The highest BCUT2D eigenvalue weighted by Crippen LogP contribution is 2.24. The number of phenolic OH excluding ortho intramolecular Hbond substituents is 1. The van der Waals surface area contributed by atoms with Crippen molar-refractivity contribution in [1.29, 1.82) is 0 Å². The van der Waals surface area contributed by atoms with Gasteiger partial charge in [-0.1, -0.05) is 19.1 Å². The molecule has 0 fully saturated rings. The van der Waals surface area contributed by atoms with Crippen LogP contribution in [0, 0.1) is 13.8 Å². The number of phenols is 1. The van der Waals surface area contributed by atoms with Crippen LogP contribution in [0.3, 0.4) is 0 Å². The molecular weight excluding hydrogens is 136 g/mol. The summed E-state index contributed by atoms with van der Waals surface area (Å²) in [6, 6.07) is 4.03. The molecule has 0 spiro atoms. The van der Waals surface area contributed by atoms with Crippen molar-refractivity contribution < 1.29 is 5.11 Å². The van der Waals surface area contributed by atoms with E-state index in [1.165, 1.54) is 0 Å². The molecule has 1 aromatic carbocycles. The maximum Gasteiger partial charge on any atom is 0.121 e. The molecule has 1 rings (SSSR count). The molecule has 1 aromatic rings. The minimum Gasteiger partial charge on any atom is -0.507 e. The second-order valence-electron chi connectivity index (χ2n) is 2.87. The molecule has 0 aliphatic heterocycles. The van der Waals surface area contributed by atoms with Crippen molar-refractivity contribution in [1.82, 2.24) is 0 Å². The number of hydrogen-bond donors (Lipinski definition) is 1. The minimum absolute atomic E-state index is 0.465. The van der Waals surface area contributed by atoms with Crippen molar-refractivity contribution in [3.8, 4) is 5.75 Å². The maximum atomic E-state index is 9.58. The fraction of sp³-hybridized carbons (Fsp3) is 0.400. The van der Waals surface area contributed by atoms with E-state index in [0.717, 1.165) is 23.1 Å². The molecule has 1 nitrogen and oxygen atoms in total. The molecule has 60 valence electrons. The van der Waals surface area contributed by atoms with Crippen LogP contribution in [0.4, 0.5) is 0 Å². The van der Waals surface area contributed by atoms with Crippen molar-refractivity contribution in [2.45, 2.75) is 27.2 Å². The summed E-state index contributed by atoms with van der Waals surface area (Å²) >= 11 is 0. The summed E-state index contributed by atoms with van der Waals surface area (Å²) in [5.41, 5.74) is 3.19. The van der Waals surface area contributed by atoms with Crippen LogP contribution in [0.25, 0.3) is 0 Å². The summed E-state index contributed by atoms with van der Waals surface area (Å²) < 4.78 is 0. The van der Waals surface area contributed by atoms with Crippen LogP contribution in [0.2, 0.25) is 0 Å². The van der Waals surface area contributed by atoms with Crippen LogP contribution in [0.5, 0.6) is 5.75 Å². The number of hydrogen-bond acceptors (Lipinski definition) is 1. The Morgan fingerprint density at radius 2 is 1.91 bits per heavy atom. The summed E-state index contributed by atoms with van der Waals surface area (Å²) in [7, 11) is 0. The van der Waals surface area contributed by atoms with Gasteiger partial charge in [-0.25, -0.2) is 0 Å². The first-order valence-electron chi connectivity index (χ1n) is 3.94. The summed E-state index contributed by atoms with van der Waals surface area (Å²) in [4.78, 5) is 0. The lowest BCUT2D eigenvalue weighted by Crippen LogP contribution is -1.87. The van der Waals surface area contributed by atoms with E-state index in [4.69, 9.17) is 0 Å². The van der Waals surface area contributed by atoms with Crippen molar-refractivity contribution >= 4 is 0 Å². The first kappa shape index (κ1) is 8.12. The van der Waals surface area contributed by atoms with Gasteiger partial charge in [-0.3, -0.25) is 0 Å². The molecule has 0 aliphatic carbocycles. The van der Waals surface area contributed by atoms with Gasteiger partial charge in [-0.15, -0.1) is 0 Å². The van der Waals surface area contributed by atoms with E-state index in [-0.39, 0.29) is 0 Å². The zero-order valence-electron chi connectivity index (χ0n) is 7.31. The number of aryl methyl sites for hydroxylation is 2. The van der Waals surface area contributed by atoms with Crippen LogP contribution in [0.1, 0.15) is 23.6 Å². The Kier molecular flexibility index (Phi) is 2.18. The van der Waals surface area contributed by atoms with Crippen LogP contribution in [-0.2, 0) is 6.42 Å². The zero-order valence-corrected chi connectivity index (χ0v) is 7.31. The lowest BCUT2D eigenvalue weighted by Gasteiger charge is -2.06. The molecule has 0 aromatic heterocycles. The van der Waals surface area contributed by atoms with Gasteiger partial charge >= 0.3 is 0 Å². The van der Waals surface area contributed by atoms with Gasteiger partial charge in [0.05, 0.1) is 0 Å². The van der Waals surface area contributed by atoms with Gasteiger partial charge in [0.15, 0.2) is 0 Å². The summed E-state index contributed by atoms with van der Waals surface area (Å²) in [5.74, 6) is 0.465. The Balaban J connectivity index is 3.25. The summed E-state index contributed by atoms with van der Waals surface area (Å²) in [5, 5.41) is 9.58. The third-order valence-electron chi connectivity index (χ3n) is 2.17. The molecule has 11 heavy (non-hydrogen) atoms. The fourth-order valence-corrected chi connectivity index (χ4v) is 1.14. The van der Waals surface area contributed by atoms with Gasteiger partial charge < -0.3 is 5.11 Å².